The smallest absolute Gasteiger partial charge is 0.224 e. The van der Waals surface area contributed by atoms with Crippen LogP contribution in [0.15, 0.2) is 18.2 Å². The first-order valence-electron chi connectivity index (χ1n) is 16.2. The number of nitrogens with zero attached hydrogens (tertiary/aromatic N) is 2. The van der Waals surface area contributed by atoms with Crippen LogP contribution in [-0.4, -0.2) is 53.0 Å². The molecule has 41 heavy (non-hydrogen) atoms. The Morgan fingerprint density at radius 3 is 2.44 bits per heavy atom. The van der Waals surface area contributed by atoms with E-state index in [4.69, 9.17) is 4.98 Å². The molecular weight excluding hydrogens is 530 g/mol. The number of nitrogens with one attached hydrogen (secondary N) is 1. The van der Waals surface area contributed by atoms with Crippen molar-refractivity contribution in [2.45, 2.75) is 117 Å². The van der Waals surface area contributed by atoms with Crippen molar-refractivity contribution >= 4 is 39.0 Å². The van der Waals surface area contributed by atoms with Crippen LogP contribution in [0, 0.1) is 17.8 Å². The summed E-state index contributed by atoms with van der Waals surface area (Å²) in [5.41, 5.74) is 2.24. The van der Waals surface area contributed by atoms with Crippen LogP contribution >= 0.6 is 11.3 Å². The zero-order chi connectivity index (χ0) is 29.4. The summed E-state index contributed by atoms with van der Waals surface area (Å²) in [6.07, 6.45) is 10.1. The van der Waals surface area contributed by atoms with Gasteiger partial charge < -0.3 is 10.2 Å². The Kier molecular flexibility index (Phi) is 11.9. The number of ketones is 2. The van der Waals surface area contributed by atoms with E-state index in [-0.39, 0.29) is 30.1 Å². The number of likely N-dealkylation sites (tertiary alicyclic amines) is 1. The Bertz CT molecular complexity index is 1160. The number of benzene rings is 1. The van der Waals surface area contributed by atoms with Gasteiger partial charge in [0.25, 0.3) is 0 Å². The fourth-order valence-electron chi connectivity index (χ4n) is 6.66. The van der Waals surface area contributed by atoms with E-state index in [1.165, 1.54) is 24.8 Å². The third-order valence-corrected chi connectivity index (χ3v) is 10.6. The minimum absolute atomic E-state index is 0.00863. The van der Waals surface area contributed by atoms with Crippen molar-refractivity contribution < 1.29 is 14.4 Å². The fourth-order valence-corrected chi connectivity index (χ4v) is 7.75. The molecule has 2 atom stereocenters. The molecule has 2 heterocycles. The van der Waals surface area contributed by atoms with Crippen molar-refractivity contribution in [3.8, 4) is 0 Å². The number of thiazole rings is 1. The maximum Gasteiger partial charge on any atom is 0.224 e. The third-order valence-electron chi connectivity index (χ3n) is 9.52. The number of hydrogen-bond acceptors (Lipinski definition) is 6. The lowest BCUT2D eigenvalue weighted by Crippen LogP contribution is -2.45. The van der Waals surface area contributed by atoms with Gasteiger partial charge >= 0.3 is 0 Å². The lowest BCUT2D eigenvalue weighted by molar-refractivity contribution is -0.130. The van der Waals surface area contributed by atoms with E-state index in [0.717, 1.165) is 60.5 Å². The van der Waals surface area contributed by atoms with Crippen LogP contribution in [0.1, 0.15) is 115 Å². The monoisotopic (exact) mass is 581 g/mol. The predicted molar refractivity (Wildman–Crippen MR) is 168 cm³/mol. The van der Waals surface area contributed by atoms with Crippen LogP contribution in [0.3, 0.4) is 0 Å². The highest BCUT2D eigenvalue weighted by atomic mass is 32.1. The molecule has 1 aliphatic carbocycles. The second-order valence-electron chi connectivity index (χ2n) is 12.7. The van der Waals surface area contributed by atoms with E-state index in [2.05, 4.69) is 49.2 Å². The van der Waals surface area contributed by atoms with Crippen molar-refractivity contribution in [1.29, 1.82) is 0 Å². The largest absolute Gasteiger partial charge is 0.353 e. The zero-order valence-corrected chi connectivity index (χ0v) is 26.6. The van der Waals surface area contributed by atoms with Crippen molar-refractivity contribution in [1.82, 2.24) is 15.2 Å². The SMILES string of the molecule is CCC(=O)C[C@@H](Cc1nc2ccc(C(C)C)cc2s1)C(=O)N[C@H](CCC(=O)C1CCN(CC)CC1)C1CCCCC1. The van der Waals surface area contributed by atoms with E-state index in [1.807, 2.05) is 6.92 Å². The number of fused-ring (bicyclic) bond motifs is 1. The molecule has 1 saturated carbocycles. The molecule has 1 aromatic heterocycles. The van der Waals surface area contributed by atoms with Gasteiger partial charge in [0.05, 0.1) is 21.1 Å². The summed E-state index contributed by atoms with van der Waals surface area (Å²) in [6, 6.07) is 6.39. The zero-order valence-electron chi connectivity index (χ0n) is 25.8. The summed E-state index contributed by atoms with van der Waals surface area (Å²) in [6.45, 7) is 11.5. The maximum atomic E-state index is 13.8. The molecule has 0 radical (unpaired) electrons. The minimum atomic E-state index is -0.437. The lowest BCUT2D eigenvalue weighted by Gasteiger charge is -2.33. The van der Waals surface area contributed by atoms with Gasteiger partial charge in [0.2, 0.25) is 5.91 Å². The van der Waals surface area contributed by atoms with Gasteiger partial charge in [-0.15, -0.1) is 11.3 Å². The molecule has 7 heteroatoms. The molecule has 1 N–H and O–H groups in total. The lowest BCUT2D eigenvalue weighted by atomic mass is 9.80. The quantitative estimate of drug-likeness (QED) is 0.258. The molecule has 1 aromatic carbocycles. The molecule has 0 spiro atoms. The molecule has 226 valence electrons. The highest BCUT2D eigenvalue weighted by Crippen LogP contribution is 2.31. The predicted octanol–water partition coefficient (Wildman–Crippen LogP) is 7.09. The molecule has 1 saturated heterocycles. The van der Waals surface area contributed by atoms with Gasteiger partial charge in [-0.05, 0) is 81.3 Å². The third kappa shape index (κ3) is 8.93. The number of Topliss-reactive ketones (excluding diaryl/α,β-unsaturated/α-hetero) is 2. The number of aromatic nitrogens is 1. The summed E-state index contributed by atoms with van der Waals surface area (Å²) in [7, 11) is 0. The number of hydrogen-bond donors (Lipinski definition) is 1. The van der Waals surface area contributed by atoms with Crippen LogP contribution in [0.4, 0.5) is 0 Å². The topological polar surface area (TPSA) is 79.4 Å². The van der Waals surface area contributed by atoms with Crippen LogP contribution < -0.4 is 5.32 Å². The number of carbonyl (C=O) groups excluding carboxylic acids is 3. The number of piperidine rings is 1. The standard InChI is InChI=1S/C34H51N3O3S/c1-5-28(38)20-27(22-33-35-30-13-12-26(23(3)4)21-32(30)41-33)34(40)36-29(24-10-8-7-9-11-24)14-15-31(39)25-16-18-37(6-2)19-17-25/h12-13,21,23-25,27,29H,5-11,14-20,22H2,1-4H3,(H,36,40)/t27-,29+/m0/s1. The van der Waals surface area contributed by atoms with E-state index in [9.17, 15) is 14.4 Å². The molecular formula is C34H51N3O3S. The summed E-state index contributed by atoms with van der Waals surface area (Å²) in [5.74, 6) is 0.992. The van der Waals surface area contributed by atoms with Crippen molar-refractivity contribution in [3.63, 3.8) is 0 Å². The summed E-state index contributed by atoms with van der Waals surface area (Å²) in [5, 5.41) is 4.30. The van der Waals surface area contributed by atoms with Crippen molar-refractivity contribution in [3.05, 3.63) is 28.8 Å². The first-order valence-corrected chi connectivity index (χ1v) is 17.0. The highest BCUT2D eigenvalue weighted by Gasteiger charge is 2.31. The van der Waals surface area contributed by atoms with Gasteiger partial charge in [-0.1, -0.05) is 53.0 Å². The molecule has 1 amide bonds. The van der Waals surface area contributed by atoms with Crippen LogP contribution in [-0.2, 0) is 20.8 Å². The van der Waals surface area contributed by atoms with Gasteiger partial charge in [0, 0.05) is 37.6 Å². The van der Waals surface area contributed by atoms with Crippen molar-refractivity contribution in [2.24, 2.45) is 17.8 Å². The highest BCUT2D eigenvalue weighted by molar-refractivity contribution is 7.18. The Balaban J connectivity index is 1.45. The summed E-state index contributed by atoms with van der Waals surface area (Å²) in [4.78, 5) is 46.9. The van der Waals surface area contributed by atoms with Crippen molar-refractivity contribution in [2.75, 3.05) is 19.6 Å². The molecule has 1 aliphatic heterocycles. The summed E-state index contributed by atoms with van der Waals surface area (Å²) < 4.78 is 1.13. The normalized spacial score (nSPS) is 19.0. The Morgan fingerprint density at radius 1 is 1.05 bits per heavy atom. The average molecular weight is 582 g/mol. The second-order valence-corrected chi connectivity index (χ2v) is 13.8. The van der Waals surface area contributed by atoms with Gasteiger partial charge in [0.15, 0.2) is 0 Å². The molecule has 2 aromatic rings. The first kappa shape index (κ1) is 31.8. The van der Waals surface area contributed by atoms with E-state index in [1.54, 1.807) is 11.3 Å². The molecule has 0 unspecified atom stereocenters. The van der Waals surface area contributed by atoms with Gasteiger partial charge in [0.1, 0.15) is 11.6 Å². The summed E-state index contributed by atoms with van der Waals surface area (Å²) >= 11 is 1.64. The number of rotatable bonds is 14. The first-order chi connectivity index (χ1) is 19.8. The number of amides is 1. The molecule has 4 rings (SSSR count). The molecule has 6 nitrogen and oxygen atoms in total. The van der Waals surface area contributed by atoms with Gasteiger partial charge in [-0.25, -0.2) is 4.98 Å². The Morgan fingerprint density at radius 2 is 1.78 bits per heavy atom. The van der Waals surface area contributed by atoms with Crippen LogP contribution in [0.25, 0.3) is 10.2 Å². The Hall–Kier alpha value is -2.12. The van der Waals surface area contributed by atoms with E-state index >= 15 is 0 Å². The van der Waals surface area contributed by atoms with Gasteiger partial charge in [-0.2, -0.15) is 0 Å². The van der Waals surface area contributed by atoms with E-state index in [0.29, 0.717) is 43.3 Å². The number of carbonyl (C=O) groups is 3. The molecule has 2 fully saturated rings. The maximum absolute atomic E-state index is 13.8. The second kappa shape index (κ2) is 15.4. The van der Waals surface area contributed by atoms with Crippen LogP contribution in [0.2, 0.25) is 0 Å². The molecule has 0 bridgehead atoms. The minimum Gasteiger partial charge on any atom is -0.353 e. The van der Waals surface area contributed by atoms with E-state index < -0.39 is 5.92 Å². The average Bonchev–Trinajstić information content (AvgIpc) is 3.40. The molecule has 2 aliphatic rings. The fraction of sp³-hybridized carbons (Fsp3) is 0.706. The van der Waals surface area contributed by atoms with Gasteiger partial charge in [-0.3, -0.25) is 14.4 Å². The van der Waals surface area contributed by atoms with Crippen LogP contribution in [0.5, 0.6) is 0 Å². The Labute approximate surface area is 251 Å².